The molecule has 2 amide bonds. The van der Waals surface area contributed by atoms with Crippen LogP contribution in [0, 0.1) is 5.92 Å². The minimum absolute atomic E-state index is 0.0308. The molecular formula is C23H28N4O4. The fourth-order valence-electron chi connectivity index (χ4n) is 3.70. The van der Waals surface area contributed by atoms with Crippen molar-refractivity contribution in [2.24, 2.45) is 5.92 Å². The average molecular weight is 425 g/mol. The lowest BCUT2D eigenvalue weighted by Gasteiger charge is -2.32. The van der Waals surface area contributed by atoms with Gasteiger partial charge in [-0.25, -0.2) is 9.78 Å². The van der Waals surface area contributed by atoms with Gasteiger partial charge in [0.05, 0.1) is 6.20 Å². The van der Waals surface area contributed by atoms with Crippen molar-refractivity contribution >= 4 is 17.8 Å². The van der Waals surface area contributed by atoms with Crippen molar-refractivity contribution < 1.29 is 19.5 Å². The van der Waals surface area contributed by atoms with Crippen LogP contribution in [0.4, 0.5) is 0 Å². The second kappa shape index (κ2) is 9.68. The first-order valence-corrected chi connectivity index (χ1v) is 10.5. The van der Waals surface area contributed by atoms with E-state index >= 15 is 0 Å². The zero-order valence-electron chi connectivity index (χ0n) is 18.1. The summed E-state index contributed by atoms with van der Waals surface area (Å²) in [4.78, 5) is 48.5. The number of likely N-dealkylation sites (tertiary alicyclic amines) is 1. The number of carbonyl (C=O) groups excluding carboxylic acids is 2. The van der Waals surface area contributed by atoms with E-state index in [0.29, 0.717) is 31.5 Å². The molecule has 0 saturated carbocycles. The average Bonchev–Trinajstić information content (AvgIpc) is 3.27. The van der Waals surface area contributed by atoms with Crippen molar-refractivity contribution in [3.63, 3.8) is 0 Å². The zero-order chi connectivity index (χ0) is 22.5. The summed E-state index contributed by atoms with van der Waals surface area (Å²) in [7, 11) is 0. The highest BCUT2D eigenvalue weighted by atomic mass is 16.4. The van der Waals surface area contributed by atoms with Gasteiger partial charge in [-0.1, -0.05) is 26.0 Å². The summed E-state index contributed by atoms with van der Waals surface area (Å²) in [5.74, 6) is -1.21. The molecule has 1 aliphatic rings. The van der Waals surface area contributed by atoms with Crippen LogP contribution in [0.15, 0.2) is 42.9 Å². The van der Waals surface area contributed by atoms with Crippen LogP contribution >= 0.6 is 0 Å². The summed E-state index contributed by atoms with van der Waals surface area (Å²) >= 11 is 0. The Kier molecular flexibility index (Phi) is 6.99. The van der Waals surface area contributed by atoms with E-state index in [1.54, 1.807) is 17.0 Å². The van der Waals surface area contributed by atoms with Crippen LogP contribution in [0.5, 0.6) is 0 Å². The number of aliphatic carboxylic acids is 1. The van der Waals surface area contributed by atoms with E-state index < -0.39 is 12.0 Å². The maximum atomic E-state index is 13.1. The number of carbonyl (C=O) groups is 3. The molecule has 2 heterocycles. The lowest BCUT2D eigenvalue weighted by Crippen LogP contribution is -2.41. The minimum Gasteiger partial charge on any atom is -0.480 e. The van der Waals surface area contributed by atoms with Crippen LogP contribution in [-0.2, 0) is 11.3 Å². The quantitative estimate of drug-likeness (QED) is 0.733. The second-order valence-electron chi connectivity index (χ2n) is 8.20. The Morgan fingerprint density at radius 2 is 1.87 bits per heavy atom. The van der Waals surface area contributed by atoms with Crippen molar-refractivity contribution in [2.45, 2.75) is 52.2 Å². The number of rotatable bonds is 7. The predicted molar refractivity (Wildman–Crippen MR) is 114 cm³/mol. The highest BCUT2D eigenvalue weighted by molar-refractivity contribution is 5.97. The third-order valence-electron chi connectivity index (χ3n) is 5.85. The van der Waals surface area contributed by atoms with Crippen LogP contribution < -0.4 is 0 Å². The fraction of sp³-hybridized carbons (Fsp3) is 0.435. The minimum atomic E-state index is -0.969. The Morgan fingerprint density at radius 1 is 1.16 bits per heavy atom. The van der Waals surface area contributed by atoms with Gasteiger partial charge in [-0.15, -0.1) is 0 Å². The van der Waals surface area contributed by atoms with Gasteiger partial charge in [0, 0.05) is 37.1 Å². The molecule has 31 heavy (non-hydrogen) atoms. The predicted octanol–water partition coefficient (Wildman–Crippen LogP) is 2.85. The molecule has 1 aliphatic heterocycles. The summed E-state index contributed by atoms with van der Waals surface area (Å²) in [6.07, 6.45) is 5.64. The SMILES string of the molecule is CC(C)C(C)N(Cc1ccc(C(=O)N2CCC[C@@H]2C(=O)O)cc1)C(=O)c1cnccn1. The van der Waals surface area contributed by atoms with Gasteiger partial charge in [-0.2, -0.15) is 0 Å². The van der Waals surface area contributed by atoms with E-state index in [9.17, 15) is 19.5 Å². The van der Waals surface area contributed by atoms with Gasteiger partial charge in [0.2, 0.25) is 0 Å². The van der Waals surface area contributed by atoms with Gasteiger partial charge in [-0.3, -0.25) is 14.6 Å². The molecule has 2 aromatic rings. The van der Waals surface area contributed by atoms with Crippen LogP contribution in [0.3, 0.4) is 0 Å². The van der Waals surface area contributed by atoms with E-state index in [4.69, 9.17) is 0 Å². The molecule has 1 unspecified atom stereocenters. The Bertz CT molecular complexity index is 930. The third-order valence-corrected chi connectivity index (χ3v) is 5.85. The van der Waals surface area contributed by atoms with E-state index in [1.165, 1.54) is 23.5 Å². The maximum Gasteiger partial charge on any atom is 0.326 e. The van der Waals surface area contributed by atoms with Crippen molar-refractivity contribution in [1.29, 1.82) is 0 Å². The summed E-state index contributed by atoms with van der Waals surface area (Å²) in [5.41, 5.74) is 1.61. The Morgan fingerprint density at radius 3 is 2.45 bits per heavy atom. The molecular weight excluding hydrogens is 396 g/mol. The van der Waals surface area contributed by atoms with Gasteiger partial charge < -0.3 is 14.9 Å². The lowest BCUT2D eigenvalue weighted by atomic mass is 10.0. The van der Waals surface area contributed by atoms with E-state index in [2.05, 4.69) is 23.8 Å². The van der Waals surface area contributed by atoms with Crippen LogP contribution in [0.2, 0.25) is 0 Å². The number of hydrogen-bond donors (Lipinski definition) is 1. The molecule has 1 N–H and O–H groups in total. The highest BCUT2D eigenvalue weighted by Crippen LogP contribution is 2.22. The van der Waals surface area contributed by atoms with Gasteiger partial charge in [0.1, 0.15) is 11.7 Å². The number of nitrogens with zero attached hydrogens (tertiary/aromatic N) is 4. The van der Waals surface area contributed by atoms with Crippen molar-refractivity contribution in [3.05, 3.63) is 59.7 Å². The maximum absolute atomic E-state index is 13.1. The van der Waals surface area contributed by atoms with E-state index in [1.807, 2.05) is 19.1 Å². The van der Waals surface area contributed by atoms with Crippen LogP contribution in [0.25, 0.3) is 0 Å². The largest absolute Gasteiger partial charge is 0.480 e. The number of hydrogen-bond acceptors (Lipinski definition) is 5. The standard InChI is InChI=1S/C23H28N4O4/c1-15(2)16(3)27(22(29)19-13-24-10-11-25-19)14-17-6-8-18(9-7-17)21(28)26-12-4-5-20(26)23(30)31/h6-11,13,15-16,20H,4-5,12,14H2,1-3H3,(H,30,31)/t16?,20-/m1/s1. The highest BCUT2D eigenvalue weighted by Gasteiger charge is 2.34. The molecule has 164 valence electrons. The molecule has 0 aliphatic carbocycles. The molecule has 1 fully saturated rings. The third kappa shape index (κ3) is 5.07. The lowest BCUT2D eigenvalue weighted by molar-refractivity contribution is -0.141. The molecule has 0 bridgehead atoms. The van der Waals surface area contributed by atoms with E-state index in [0.717, 1.165) is 5.56 Å². The number of aromatic nitrogens is 2. The van der Waals surface area contributed by atoms with Crippen LogP contribution in [0.1, 0.15) is 60.0 Å². The van der Waals surface area contributed by atoms with Crippen molar-refractivity contribution in [2.75, 3.05) is 6.54 Å². The van der Waals surface area contributed by atoms with Gasteiger partial charge >= 0.3 is 5.97 Å². The first kappa shape index (κ1) is 22.4. The fourth-order valence-corrected chi connectivity index (χ4v) is 3.70. The second-order valence-corrected chi connectivity index (χ2v) is 8.20. The molecule has 8 nitrogen and oxygen atoms in total. The smallest absolute Gasteiger partial charge is 0.326 e. The molecule has 1 aromatic carbocycles. The first-order valence-electron chi connectivity index (χ1n) is 10.5. The molecule has 2 atom stereocenters. The van der Waals surface area contributed by atoms with Gasteiger partial charge in [-0.05, 0) is 43.4 Å². The summed E-state index contributed by atoms with van der Waals surface area (Å²) in [6.45, 7) is 6.92. The Labute approximate surface area is 181 Å². The first-order chi connectivity index (χ1) is 14.8. The van der Waals surface area contributed by atoms with Gasteiger partial charge in [0.15, 0.2) is 0 Å². The number of benzene rings is 1. The van der Waals surface area contributed by atoms with Crippen molar-refractivity contribution in [1.82, 2.24) is 19.8 Å². The van der Waals surface area contributed by atoms with Crippen molar-refractivity contribution in [3.8, 4) is 0 Å². The van der Waals surface area contributed by atoms with Crippen LogP contribution in [-0.4, -0.2) is 61.3 Å². The topological polar surface area (TPSA) is 104 Å². The summed E-state index contributed by atoms with van der Waals surface area (Å²) in [6, 6.07) is 6.21. The normalized spacial score (nSPS) is 16.9. The van der Waals surface area contributed by atoms with E-state index in [-0.39, 0.29) is 29.5 Å². The zero-order valence-corrected chi connectivity index (χ0v) is 18.1. The number of carboxylic acid groups (broad SMARTS) is 1. The Balaban J connectivity index is 1.77. The number of carboxylic acids is 1. The monoisotopic (exact) mass is 424 g/mol. The summed E-state index contributed by atoms with van der Waals surface area (Å²) < 4.78 is 0. The molecule has 8 heteroatoms. The molecule has 0 spiro atoms. The number of amides is 2. The molecule has 3 rings (SSSR count). The molecule has 0 radical (unpaired) electrons. The molecule has 1 saturated heterocycles. The summed E-state index contributed by atoms with van der Waals surface area (Å²) in [5, 5.41) is 9.32. The Hall–Kier alpha value is -3.29. The molecule has 1 aromatic heterocycles. The van der Waals surface area contributed by atoms with Gasteiger partial charge in [0.25, 0.3) is 11.8 Å².